The third-order valence-electron chi connectivity index (χ3n) is 4.33. The normalized spacial score (nSPS) is 19.5. The van der Waals surface area contributed by atoms with E-state index in [4.69, 9.17) is 9.84 Å². The van der Waals surface area contributed by atoms with Crippen molar-refractivity contribution in [1.29, 1.82) is 0 Å². The summed E-state index contributed by atoms with van der Waals surface area (Å²) in [5, 5.41) is 14.4. The third kappa shape index (κ3) is 4.40. The second-order valence-electron chi connectivity index (χ2n) is 6.75. The van der Waals surface area contributed by atoms with Crippen LogP contribution in [-0.4, -0.2) is 34.1 Å². The van der Waals surface area contributed by atoms with Crippen molar-refractivity contribution in [3.05, 3.63) is 35.3 Å². The molecule has 0 saturated heterocycles. The molecule has 2 N–H and O–H groups in total. The number of carboxylic acids is 1. The van der Waals surface area contributed by atoms with Crippen molar-refractivity contribution in [3.63, 3.8) is 0 Å². The number of nitrogens with zero attached hydrogens (tertiary/aromatic N) is 1. The smallest absolute Gasteiger partial charge is 0.306 e. The maximum Gasteiger partial charge on any atom is 0.306 e. The van der Waals surface area contributed by atoms with Gasteiger partial charge in [0.2, 0.25) is 0 Å². The molecule has 1 amide bonds. The minimum absolute atomic E-state index is 0.0961. The molecule has 0 radical (unpaired) electrons. The van der Waals surface area contributed by atoms with Crippen LogP contribution in [0.5, 0.6) is 5.75 Å². The van der Waals surface area contributed by atoms with E-state index in [9.17, 15) is 9.59 Å². The summed E-state index contributed by atoms with van der Waals surface area (Å²) in [5.74, 6) is -0.601. The fourth-order valence-corrected chi connectivity index (χ4v) is 3.86. The summed E-state index contributed by atoms with van der Waals surface area (Å²) >= 11 is 1.41. The van der Waals surface area contributed by atoms with Crippen LogP contribution < -0.4 is 10.1 Å². The molecule has 0 bridgehead atoms. The highest BCUT2D eigenvalue weighted by molar-refractivity contribution is 7.13. The molecule has 1 aliphatic rings. The maximum absolute atomic E-state index is 12.4. The summed E-state index contributed by atoms with van der Waals surface area (Å²) in [4.78, 5) is 27.8. The Morgan fingerprint density at radius 1 is 1.27 bits per heavy atom. The van der Waals surface area contributed by atoms with Crippen LogP contribution in [0.15, 0.2) is 29.6 Å². The molecule has 0 spiro atoms. The van der Waals surface area contributed by atoms with Gasteiger partial charge in [-0.2, -0.15) is 0 Å². The number of hydrogen-bond donors (Lipinski definition) is 2. The SMILES string of the molecule is CC(C)Oc1ccc(-c2nc(C(=O)N[C@H]3CC[C@@H](C(=O)O)C3)cs2)cc1. The van der Waals surface area contributed by atoms with Gasteiger partial charge >= 0.3 is 5.97 Å². The van der Waals surface area contributed by atoms with E-state index in [1.54, 1.807) is 5.38 Å². The number of thiazole rings is 1. The second-order valence-corrected chi connectivity index (χ2v) is 7.61. The molecule has 1 heterocycles. The van der Waals surface area contributed by atoms with Crippen LogP contribution in [0.2, 0.25) is 0 Å². The summed E-state index contributed by atoms with van der Waals surface area (Å²) in [6.45, 7) is 3.95. The lowest BCUT2D eigenvalue weighted by Gasteiger charge is -2.11. The Morgan fingerprint density at radius 3 is 2.62 bits per heavy atom. The standard InChI is InChI=1S/C19H22N2O4S/c1-11(2)25-15-7-4-12(5-8-15)18-21-16(10-26-18)17(22)20-14-6-3-13(9-14)19(23)24/h4-5,7-8,10-11,13-14H,3,6,9H2,1-2H3,(H,20,22)(H,23,24)/t13-,14+/m1/s1. The highest BCUT2D eigenvalue weighted by Gasteiger charge is 2.31. The van der Waals surface area contributed by atoms with Crippen molar-refractivity contribution in [2.24, 2.45) is 5.92 Å². The van der Waals surface area contributed by atoms with Crippen LogP contribution in [0.3, 0.4) is 0 Å². The van der Waals surface area contributed by atoms with Crippen LogP contribution >= 0.6 is 11.3 Å². The van der Waals surface area contributed by atoms with Gasteiger partial charge in [0.25, 0.3) is 5.91 Å². The highest BCUT2D eigenvalue weighted by atomic mass is 32.1. The number of hydrogen-bond acceptors (Lipinski definition) is 5. The van der Waals surface area contributed by atoms with Crippen LogP contribution in [-0.2, 0) is 4.79 Å². The number of carboxylic acid groups (broad SMARTS) is 1. The van der Waals surface area contributed by atoms with Crippen molar-refractivity contribution >= 4 is 23.2 Å². The number of amides is 1. The first kappa shape index (κ1) is 18.4. The van der Waals surface area contributed by atoms with Gasteiger partial charge in [0.15, 0.2) is 0 Å². The van der Waals surface area contributed by atoms with Gasteiger partial charge in [0.05, 0.1) is 12.0 Å². The Kier molecular flexibility index (Phi) is 5.56. The fourth-order valence-electron chi connectivity index (χ4n) is 3.06. The highest BCUT2D eigenvalue weighted by Crippen LogP contribution is 2.28. The van der Waals surface area contributed by atoms with E-state index in [-0.39, 0.29) is 24.0 Å². The van der Waals surface area contributed by atoms with E-state index in [0.717, 1.165) is 16.3 Å². The number of carbonyl (C=O) groups excluding carboxylic acids is 1. The first-order valence-corrected chi connectivity index (χ1v) is 9.56. The molecule has 1 aromatic carbocycles. The summed E-state index contributed by atoms with van der Waals surface area (Å²) in [6, 6.07) is 7.53. The van der Waals surface area contributed by atoms with E-state index in [0.29, 0.717) is 25.0 Å². The van der Waals surface area contributed by atoms with Crippen molar-refractivity contribution in [2.75, 3.05) is 0 Å². The van der Waals surface area contributed by atoms with E-state index in [1.165, 1.54) is 11.3 Å². The van der Waals surface area contributed by atoms with Gasteiger partial charge in [-0.05, 0) is 57.4 Å². The number of carbonyl (C=O) groups is 2. The van der Waals surface area contributed by atoms with Crippen LogP contribution in [0.4, 0.5) is 0 Å². The molecular formula is C19H22N2O4S. The van der Waals surface area contributed by atoms with E-state index >= 15 is 0 Å². The lowest BCUT2D eigenvalue weighted by atomic mass is 10.1. The van der Waals surface area contributed by atoms with Crippen LogP contribution in [0.1, 0.15) is 43.6 Å². The molecule has 2 atom stereocenters. The molecule has 1 fully saturated rings. The summed E-state index contributed by atoms with van der Waals surface area (Å²) in [5.41, 5.74) is 1.29. The zero-order chi connectivity index (χ0) is 18.7. The van der Waals surface area contributed by atoms with Gasteiger partial charge in [-0.3, -0.25) is 9.59 Å². The first-order chi connectivity index (χ1) is 12.4. The first-order valence-electron chi connectivity index (χ1n) is 8.68. The Balaban J connectivity index is 1.62. The van der Waals surface area contributed by atoms with E-state index in [2.05, 4.69) is 10.3 Å². The topological polar surface area (TPSA) is 88.5 Å². The van der Waals surface area contributed by atoms with Crippen molar-refractivity contribution in [1.82, 2.24) is 10.3 Å². The van der Waals surface area contributed by atoms with Crippen LogP contribution in [0, 0.1) is 5.92 Å². The molecule has 7 heteroatoms. The average molecular weight is 374 g/mol. The predicted molar refractivity (Wildman–Crippen MR) is 99.5 cm³/mol. The van der Waals surface area contributed by atoms with Crippen molar-refractivity contribution < 1.29 is 19.4 Å². The lowest BCUT2D eigenvalue weighted by molar-refractivity contribution is -0.141. The molecule has 0 aliphatic heterocycles. The second kappa shape index (κ2) is 7.86. The molecule has 1 aromatic heterocycles. The number of aromatic nitrogens is 1. The Labute approximate surface area is 156 Å². The molecule has 1 saturated carbocycles. The molecule has 6 nitrogen and oxygen atoms in total. The molecule has 1 aliphatic carbocycles. The number of benzene rings is 1. The molecule has 0 unspecified atom stereocenters. The summed E-state index contributed by atoms with van der Waals surface area (Å²) in [7, 11) is 0. The van der Waals surface area contributed by atoms with Gasteiger partial charge in [-0.1, -0.05) is 0 Å². The Morgan fingerprint density at radius 2 is 2.00 bits per heavy atom. The third-order valence-corrected chi connectivity index (χ3v) is 5.22. The zero-order valence-electron chi connectivity index (χ0n) is 14.8. The van der Waals surface area contributed by atoms with Gasteiger partial charge in [0.1, 0.15) is 16.5 Å². The van der Waals surface area contributed by atoms with Gasteiger partial charge in [-0.15, -0.1) is 11.3 Å². The molecule has 2 aromatic rings. The number of rotatable bonds is 6. The minimum Gasteiger partial charge on any atom is -0.491 e. The van der Waals surface area contributed by atoms with Crippen molar-refractivity contribution in [2.45, 2.75) is 45.3 Å². The predicted octanol–water partition coefficient (Wildman–Crippen LogP) is 3.58. The quantitative estimate of drug-likeness (QED) is 0.807. The Hall–Kier alpha value is -2.41. The lowest BCUT2D eigenvalue weighted by Crippen LogP contribution is -2.33. The average Bonchev–Trinajstić information content (AvgIpc) is 3.24. The van der Waals surface area contributed by atoms with Gasteiger partial charge in [-0.25, -0.2) is 4.98 Å². The molecule has 3 rings (SSSR count). The molecule has 138 valence electrons. The van der Waals surface area contributed by atoms with E-state index < -0.39 is 5.97 Å². The maximum atomic E-state index is 12.4. The molecular weight excluding hydrogens is 352 g/mol. The fraction of sp³-hybridized carbons (Fsp3) is 0.421. The Bertz CT molecular complexity index is 785. The number of ether oxygens (including phenoxy) is 1. The van der Waals surface area contributed by atoms with Gasteiger partial charge < -0.3 is 15.2 Å². The summed E-state index contributed by atoms with van der Waals surface area (Å²) in [6.07, 6.45) is 1.90. The number of nitrogens with one attached hydrogen (secondary N) is 1. The largest absolute Gasteiger partial charge is 0.491 e. The summed E-state index contributed by atoms with van der Waals surface area (Å²) < 4.78 is 5.63. The zero-order valence-corrected chi connectivity index (χ0v) is 15.6. The van der Waals surface area contributed by atoms with E-state index in [1.807, 2.05) is 38.1 Å². The molecule has 26 heavy (non-hydrogen) atoms. The number of aliphatic carboxylic acids is 1. The monoisotopic (exact) mass is 374 g/mol. The minimum atomic E-state index is -0.789. The van der Waals surface area contributed by atoms with Crippen molar-refractivity contribution in [3.8, 4) is 16.3 Å². The van der Waals surface area contributed by atoms with Crippen LogP contribution in [0.25, 0.3) is 10.6 Å². The van der Waals surface area contributed by atoms with Gasteiger partial charge in [0, 0.05) is 17.0 Å².